The number of hydrogen-bond acceptors (Lipinski definition) is 9. The molecular formula is C12H24N4O5. The monoisotopic (exact) mass is 304 g/mol. The number of aliphatic hydroxyl groups is 2. The van der Waals surface area contributed by atoms with Crippen molar-refractivity contribution in [3.63, 3.8) is 0 Å². The van der Waals surface area contributed by atoms with Crippen LogP contribution < -0.4 is 22.9 Å². The van der Waals surface area contributed by atoms with E-state index in [-0.39, 0.29) is 18.7 Å². The Morgan fingerprint density at radius 1 is 1.14 bits per heavy atom. The number of aliphatic hydroxyl groups excluding tert-OH is 2. The average Bonchev–Trinajstić information content (AvgIpc) is 2.43. The number of carbonyl (C=O) groups is 1. The van der Waals surface area contributed by atoms with Gasteiger partial charge in [-0.25, -0.2) is 0 Å². The van der Waals surface area contributed by atoms with Crippen LogP contribution in [0.25, 0.3) is 0 Å². The molecular weight excluding hydrogens is 280 g/mol. The first-order chi connectivity index (χ1) is 9.85. The summed E-state index contributed by atoms with van der Waals surface area (Å²) in [5.74, 6) is -0.180. The first-order valence-electron chi connectivity index (χ1n) is 7.01. The predicted molar refractivity (Wildman–Crippen MR) is 72.8 cm³/mol. The van der Waals surface area contributed by atoms with Crippen LogP contribution >= 0.6 is 0 Å². The maximum atomic E-state index is 11.6. The Kier molecular flexibility index (Phi) is 5.28. The lowest BCUT2D eigenvalue weighted by atomic mass is 9.84. The van der Waals surface area contributed by atoms with E-state index >= 15 is 0 Å². The Morgan fingerprint density at radius 3 is 2.43 bits per heavy atom. The summed E-state index contributed by atoms with van der Waals surface area (Å²) in [7, 11) is 0. The van der Waals surface area contributed by atoms with Crippen molar-refractivity contribution in [2.24, 2.45) is 22.9 Å². The van der Waals surface area contributed by atoms with E-state index in [0.29, 0.717) is 6.42 Å². The van der Waals surface area contributed by atoms with Crippen LogP contribution in [0.1, 0.15) is 12.8 Å². The largest absolute Gasteiger partial charge is 0.389 e. The Labute approximate surface area is 122 Å². The topological polar surface area (TPSA) is 180 Å². The maximum absolute atomic E-state index is 11.6. The fourth-order valence-electron chi connectivity index (χ4n) is 2.74. The lowest BCUT2D eigenvalue weighted by Gasteiger charge is -2.43. The summed E-state index contributed by atoms with van der Waals surface area (Å²) in [6, 6.07) is -1.86. The van der Waals surface area contributed by atoms with Crippen LogP contribution in [0.2, 0.25) is 0 Å². The van der Waals surface area contributed by atoms with Crippen LogP contribution in [0.15, 0.2) is 0 Å². The molecule has 0 radical (unpaired) electrons. The zero-order chi connectivity index (χ0) is 15.7. The van der Waals surface area contributed by atoms with Crippen LogP contribution in [0.3, 0.4) is 0 Å². The number of ketones is 1. The lowest BCUT2D eigenvalue weighted by molar-refractivity contribution is -0.246. The molecule has 9 heteroatoms. The van der Waals surface area contributed by atoms with E-state index in [1.165, 1.54) is 0 Å². The summed E-state index contributed by atoms with van der Waals surface area (Å²) in [5, 5.41) is 19.9. The number of rotatable bonds is 3. The van der Waals surface area contributed by atoms with Crippen LogP contribution in [0.4, 0.5) is 0 Å². The second kappa shape index (κ2) is 6.63. The van der Waals surface area contributed by atoms with Gasteiger partial charge in [0.25, 0.3) is 0 Å². The molecule has 2 fully saturated rings. The summed E-state index contributed by atoms with van der Waals surface area (Å²) >= 11 is 0. The fourth-order valence-corrected chi connectivity index (χ4v) is 2.74. The van der Waals surface area contributed by atoms with Crippen LogP contribution in [-0.2, 0) is 14.3 Å². The molecule has 1 saturated carbocycles. The van der Waals surface area contributed by atoms with Gasteiger partial charge in [-0.2, -0.15) is 0 Å². The van der Waals surface area contributed by atoms with Crippen molar-refractivity contribution in [1.82, 2.24) is 0 Å². The highest BCUT2D eigenvalue weighted by Crippen LogP contribution is 2.25. The molecule has 10 N–H and O–H groups in total. The van der Waals surface area contributed by atoms with E-state index in [0.717, 1.165) is 0 Å². The molecule has 2 rings (SSSR count). The molecule has 1 heterocycles. The molecule has 0 aromatic carbocycles. The SMILES string of the molecule is NC[C@H]1O[C@H](O[C@H]2[C@H](O)[C@@H](O)[C@H](N)C[C@@H]2N)[C@H](N)CC1=O. The molecule has 8 atom stereocenters. The molecule has 122 valence electrons. The minimum Gasteiger partial charge on any atom is -0.389 e. The first-order valence-corrected chi connectivity index (χ1v) is 7.01. The number of nitrogens with two attached hydrogens (primary N) is 4. The van der Waals surface area contributed by atoms with Crippen molar-refractivity contribution in [1.29, 1.82) is 0 Å². The van der Waals surface area contributed by atoms with Crippen molar-refractivity contribution in [3.8, 4) is 0 Å². The molecule has 0 spiro atoms. The smallest absolute Gasteiger partial charge is 0.174 e. The van der Waals surface area contributed by atoms with Gasteiger partial charge in [-0.15, -0.1) is 0 Å². The molecule has 1 saturated heterocycles. The van der Waals surface area contributed by atoms with E-state index in [4.69, 9.17) is 32.4 Å². The average molecular weight is 304 g/mol. The highest BCUT2D eigenvalue weighted by Gasteiger charge is 2.45. The summed E-state index contributed by atoms with van der Waals surface area (Å²) in [6.07, 6.45) is -4.57. The van der Waals surface area contributed by atoms with Gasteiger partial charge in [0.15, 0.2) is 12.1 Å². The predicted octanol–water partition coefficient (Wildman–Crippen LogP) is -3.88. The van der Waals surface area contributed by atoms with Gasteiger partial charge in [0.1, 0.15) is 18.3 Å². The molecule has 0 aromatic rings. The molecule has 21 heavy (non-hydrogen) atoms. The lowest BCUT2D eigenvalue weighted by Crippen LogP contribution is -2.64. The zero-order valence-electron chi connectivity index (χ0n) is 11.7. The molecule has 9 nitrogen and oxygen atoms in total. The molecule has 1 aliphatic heterocycles. The van der Waals surface area contributed by atoms with Crippen molar-refractivity contribution in [2.75, 3.05) is 6.54 Å². The molecule has 1 aliphatic carbocycles. The maximum Gasteiger partial charge on any atom is 0.174 e. The van der Waals surface area contributed by atoms with Gasteiger partial charge in [0.05, 0.1) is 12.1 Å². The summed E-state index contributed by atoms with van der Waals surface area (Å²) in [5.41, 5.74) is 22.9. The molecule has 0 amide bonds. The van der Waals surface area contributed by atoms with E-state index in [1.54, 1.807) is 0 Å². The van der Waals surface area contributed by atoms with Gasteiger partial charge in [-0.05, 0) is 6.42 Å². The summed E-state index contributed by atoms with van der Waals surface area (Å²) < 4.78 is 11.0. The third kappa shape index (κ3) is 3.41. The number of carbonyl (C=O) groups excluding carboxylic acids is 1. The highest BCUT2D eigenvalue weighted by molar-refractivity contribution is 5.84. The number of hydrogen-bond donors (Lipinski definition) is 6. The second-order valence-electron chi connectivity index (χ2n) is 5.71. The summed E-state index contributed by atoms with van der Waals surface area (Å²) in [6.45, 7) is 0.0260. The third-order valence-corrected chi connectivity index (χ3v) is 4.04. The normalized spacial score (nSPS) is 48.4. The van der Waals surface area contributed by atoms with E-state index < -0.39 is 48.8 Å². The van der Waals surface area contributed by atoms with E-state index in [2.05, 4.69) is 0 Å². The van der Waals surface area contributed by atoms with Gasteiger partial charge in [-0.3, -0.25) is 4.79 Å². The minimum atomic E-state index is -1.24. The minimum absolute atomic E-state index is 0.0260. The Morgan fingerprint density at radius 2 is 1.81 bits per heavy atom. The van der Waals surface area contributed by atoms with Gasteiger partial charge in [-0.1, -0.05) is 0 Å². The van der Waals surface area contributed by atoms with Crippen molar-refractivity contribution < 1.29 is 24.5 Å². The van der Waals surface area contributed by atoms with Crippen LogP contribution in [0, 0.1) is 0 Å². The Hall–Kier alpha value is -0.650. The standard InChI is InChI=1S/C12H24N4O5/c13-3-8-7(17)2-6(16)12(20-8)21-11-5(15)1-4(14)9(18)10(11)19/h4-6,8-12,18-19H,1-3,13-16H2/t4-,5+,6-,8-,9+,10-,11-,12-/m1/s1. The van der Waals surface area contributed by atoms with Gasteiger partial charge < -0.3 is 42.6 Å². The van der Waals surface area contributed by atoms with E-state index in [1.807, 2.05) is 0 Å². The van der Waals surface area contributed by atoms with Gasteiger partial charge >= 0.3 is 0 Å². The Bertz CT molecular complexity index is 385. The van der Waals surface area contributed by atoms with Crippen LogP contribution in [-0.4, -0.2) is 71.4 Å². The van der Waals surface area contributed by atoms with Crippen molar-refractivity contribution in [3.05, 3.63) is 0 Å². The highest BCUT2D eigenvalue weighted by atomic mass is 16.7. The van der Waals surface area contributed by atoms with Gasteiger partial charge in [0.2, 0.25) is 0 Å². The Balaban J connectivity index is 2.04. The van der Waals surface area contributed by atoms with Crippen molar-refractivity contribution >= 4 is 5.78 Å². The first kappa shape index (κ1) is 16.7. The second-order valence-corrected chi connectivity index (χ2v) is 5.71. The summed E-state index contributed by atoms with van der Waals surface area (Å²) in [4.78, 5) is 11.6. The third-order valence-electron chi connectivity index (χ3n) is 4.04. The molecule has 2 aliphatic rings. The number of ether oxygens (including phenoxy) is 2. The molecule has 0 bridgehead atoms. The van der Waals surface area contributed by atoms with E-state index in [9.17, 15) is 15.0 Å². The molecule has 0 unspecified atom stereocenters. The van der Waals surface area contributed by atoms with Crippen LogP contribution in [0.5, 0.6) is 0 Å². The van der Waals surface area contributed by atoms with Gasteiger partial charge in [0, 0.05) is 25.0 Å². The zero-order valence-corrected chi connectivity index (χ0v) is 11.7. The van der Waals surface area contributed by atoms with Crippen molar-refractivity contribution in [2.45, 2.75) is 61.7 Å². The fraction of sp³-hybridized carbons (Fsp3) is 0.917. The number of Topliss-reactive ketones (excluding diaryl/α,β-unsaturated/α-hetero) is 1. The quantitative estimate of drug-likeness (QED) is 0.304. The molecule has 0 aromatic heterocycles.